The Bertz CT molecular complexity index is 709. The molecule has 1 aromatic heterocycles. The lowest BCUT2D eigenvalue weighted by molar-refractivity contribution is 0.102. The molecule has 0 saturated heterocycles. The Morgan fingerprint density at radius 2 is 2.19 bits per heavy atom. The summed E-state index contributed by atoms with van der Waals surface area (Å²) in [6, 6.07) is 7.26. The van der Waals surface area contributed by atoms with Crippen LogP contribution in [0.15, 0.2) is 36.7 Å². The molecule has 0 aliphatic rings. The predicted molar refractivity (Wildman–Crippen MR) is 77.5 cm³/mol. The molecule has 2 rings (SSSR count). The number of rotatable bonds is 4. The van der Waals surface area contributed by atoms with Gasteiger partial charge in [-0.25, -0.2) is 4.39 Å². The van der Waals surface area contributed by atoms with Crippen molar-refractivity contribution in [3.63, 3.8) is 0 Å². The van der Waals surface area contributed by atoms with Crippen molar-refractivity contribution in [2.75, 3.05) is 17.2 Å². The van der Waals surface area contributed by atoms with Gasteiger partial charge in [0.1, 0.15) is 5.82 Å². The Balaban J connectivity index is 2.24. The van der Waals surface area contributed by atoms with Gasteiger partial charge in [-0.05, 0) is 31.2 Å². The van der Waals surface area contributed by atoms with E-state index in [1.807, 2.05) is 13.0 Å². The minimum Gasteiger partial charge on any atom is -0.383 e. The zero-order valence-corrected chi connectivity index (χ0v) is 11.4. The molecule has 2 N–H and O–H groups in total. The van der Waals surface area contributed by atoms with Crippen molar-refractivity contribution >= 4 is 17.3 Å². The number of carbonyl (C=O) groups is 1. The van der Waals surface area contributed by atoms with Crippen LogP contribution in [0.3, 0.4) is 0 Å². The molecule has 0 unspecified atom stereocenters. The first-order chi connectivity index (χ1) is 10.2. The third kappa shape index (κ3) is 3.34. The van der Waals surface area contributed by atoms with E-state index in [4.69, 9.17) is 5.26 Å². The van der Waals surface area contributed by atoms with E-state index in [0.29, 0.717) is 17.8 Å². The molecule has 106 valence electrons. The zero-order valence-electron chi connectivity index (χ0n) is 11.4. The highest BCUT2D eigenvalue weighted by Gasteiger charge is 2.13. The molecule has 1 heterocycles. The quantitative estimate of drug-likeness (QED) is 0.905. The fraction of sp³-hybridized carbons (Fsp3) is 0.133. The number of carbonyl (C=O) groups excluding carboxylic acids is 1. The van der Waals surface area contributed by atoms with Crippen LogP contribution in [0.25, 0.3) is 0 Å². The minimum absolute atomic E-state index is 0.0262. The summed E-state index contributed by atoms with van der Waals surface area (Å²) in [7, 11) is 0. The number of amides is 1. The van der Waals surface area contributed by atoms with Gasteiger partial charge in [0.15, 0.2) is 0 Å². The molecule has 1 aromatic carbocycles. The summed E-state index contributed by atoms with van der Waals surface area (Å²) in [6.45, 7) is 2.53. The molecule has 0 aliphatic carbocycles. The van der Waals surface area contributed by atoms with Crippen molar-refractivity contribution in [1.82, 2.24) is 4.98 Å². The Morgan fingerprint density at radius 3 is 2.86 bits per heavy atom. The Kier molecular flexibility index (Phi) is 4.46. The summed E-state index contributed by atoms with van der Waals surface area (Å²) in [6.07, 6.45) is 3.03. The van der Waals surface area contributed by atoms with Crippen molar-refractivity contribution in [1.29, 1.82) is 5.26 Å². The van der Waals surface area contributed by atoms with Gasteiger partial charge in [-0.15, -0.1) is 0 Å². The molecule has 0 bridgehead atoms. The van der Waals surface area contributed by atoms with E-state index in [2.05, 4.69) is 15.6 Å². The maximum absolute atomic E-state index is 13.8. The molecule has 21 heavy (non-hydrogen) atoms. The van der Waals surface area contributed by atoms with Crippen LogP contribution in [0.1, 0.15) is 22.8 Å². The normalized spacial score (nSPS) is 9.76. The highest BCUT2D eigenvalue weighted by molar-refractivity contribution is 6.07. The molecule has 0 spiro atoms. The Hall–Kier alpha value is -2.94. The van der Waals surface area contributed by atoms with Crippen molar-refractivity contribution in [3.8, 4) is 6.07 Å². The van der Waals surface area contributed by atoms with Crippen molar-refractivity contribution in [2.24, 2.45) is 0 Å². The van der Waals surface area contributed by atoms with Gasteiger partial charge in [0.2, 0.25) is 0 Å². The van der Waals surface area contributed by atoms with E-state index in [0.717, 1.165) is 6.07 Å². The van der Waals surface area contributed by atoms with Gasteiger partial charge in [0.25, 0.3) is 5.91 Å². The van der Waals surface area contributed by atoms with Gasteiger partial charge in [0.05, 0.1) is 34.8 Å². The Morgan fingerprint density at radius 1 is 1.38 bits per heavy atom. The Labute approximate surface area is 121 Å². The lowest BCUT2D eigenvalue weighted by Crippen LogP contribution is -2.16. The summed E-state index contributed by atoms with van der Waals surface area (Å²) >= 11 is 0. The third-order valence-electron chi connectivity index (χ3n) is 2.78. The van der Waals surface area contributed by atoms with Crippen LogP contribution in [0.5, 0.6) is 0 Å². The van der Waals surface area contributed by atoms with Gasteiger partial charge in [-0.3, -0.25) is 9.78 Å². The zero-order chi connectivity index (χ0) is 15.2. The van der Waals surface area contributed by atoms with Gasteiger partial charge in [0, 0.05) is 12.7 Å². The molecule has 1 amide bonds. The van der Waals surface area contributed by atoms with Gasteiger partial charge in [-0.2, -0.15) is 5.26 Å². The third-order valence-corrected chi connectivity index (χ3v) is 2.78. The van der Waals surface area contributed by atoms with Gasteiger partial charge in [-0.1, -0.05) is 0 Å². The van der Waals surface area contributed by atoms with Crippen molar-refractivity contribution in [2.45, 2.75) is 6.92 Å². The van der Waals surface area contributed by atoms with Crippen molar-refractivity contribution < 1.29 is 9.18 Å². The molecule has 0 saturated carbocycles. The summed E-state index contributed by atoms with van der Waals surface area (Å²) < 4.78 is 13.8. The SMILES string of the molecule is CCNc1cnccc1C(=O)Nc1ccc(C#N)cc1F. The molecular weight excluding hydrogens is 271 g/mol. The lowest BCUT2D eigenvalue weighted by Gasteiger charge is -2.11. The van der Waals surface area contributed by atoms with Crippen LogP contribution in [-0.2, 0) is 0 Å². The number of nitrogens with one attached hydrogen (secondary N) is 2. The second-order valence-corrected chi connectivity index (χ2v) is 4.21. The number of halogens is 1. The molecule has 0 fully saturated rings. The molecule has 6 heteroatoms. The largest absolute Gasteiger partial charge is 0.383 e. The first-order valence-corrected chi connectivity index (χ1v) is 6.34. The first-order valence-electron chi connectivity index (χ1n) is 6.34. The van der Waals surface area contributed by atoms with E-state index in [-0.39, 0.29) is 11.3 Å². The summed E-state index contributed by atoms with van der Waals surface area (Å²) in [4.78, 5) is 16.1. The number of pyridine rings is 1. The molecule has 5 nitrogen and oxygen atoms in total. The van der Waals surface area contributed by atoms with E-state index < -0.39 is 11.7 Å². The van der Waals surface area contributed by atoms with E-state index in [1.54, 1.807) is 6.07 Å². The molecule has 2 aromatic rings. The molecule has 0 atom stereocenters. The van der Waals surface area contributed by atoms with Crippen LogP contribution in [0, 0.1) is 17.1 Å². The average molecular weight is 284 g/mol. The number of nitriles is 1. The van der Waals surface area contributed by atoms with E-state index in [1.165, 1.54) is 24.5 Å². The second-order valence-electron chi connectivity index (χ2n) is 4.21. The highest BCUT2D eigenvalue weighted by Crippen LogP contribution is 2.19. The number of benzene rings is 1. The number of aromatic nitrogens is 1. The number of hydrogen-bond donors (Lipinski definition) is 2. The maximum atomic E-state index is 13.8. The van der Waals surface area contributed by atoms with Crippen LogP contribution in [0.2, 0.25) is 0 Å². The van der Waals surface area contributed by atoms with Gasteiger partial charge >= 0.3 is 0 Å². The van der Waals surface area contributed by atoms with Crippen molar-refractivity contribution in [3.05, 3.63) is 53.6 Å². The van der Waals surface area contributed by atoms with Crippen LogP contribution < -0.4 is 10.6 Å². The average Bonchev–Trinajstić information content (AvgIpc) is 2.50. The number of nitrogens with zero attached hydrogens (tertiary/aromatic N) is 2. The smallest absolute Gasteiger partial charge is 0.257 e. The monoisotopic (exact) mass is 284 g/mol. The van der Waals surface area contributed by atoms with Gasteiger partial charge < -0.3 is 10.6 Å². The first kappa shape index (κ1) is 14.5. The summed E-state index contributed by atoms with van der Waals surface area (Å²) in [5, 5.41) is 14.2. The molecule has 0 radical (unpaired) electrons. The fourth-order valence-electron chi connectivity index (χ4n) is 1.80. The second kappa shape index (κ2) is 6.48. The topological polar surface area (TPSA) is 77.8 Å². The predicted octanol–water partition coefficient (Wildman–Crippen LogP) is 2.78. The number of anilines is 2. The minimum atomic E-state index is -0.651. The lowest BCUT2D eigenvalue weighted by atomic mass is 10.2. The highest BCUT2D eigenvalue weighted by atomic mass is 19.1. The maximum Gasteiger partial charge on any atom is 0.257 e. The van der Waals surface area contributed by atoms with Crippen LogP contribution in [0.4, 0.5) is 15.8 Å². The van der Waals surface area contributed by atoms with E-state index >= 15 is 0 Å². The summed E-state index contributed by atoms with van der Waals surface area (Å²) in [5.41, 5.74) is 1.17. The number of hydrogen-bond acceptors (Lipinski definition) is 4. The summed E-state index contributed by atoms with van der Waals surface area (Å²) in [5.74, 6) is -1.10. The fourth-order valence-corrected chi connectivity index (χ4v) is 1.80. The molecule has 0 aliphatic heterocycles. The van der Waals surface area contributed by atoms with E-state index in [9.17, 15) is 9.18 Å². The molecular formula is C15H13FN4O. The van der Waals surface area contributed by atoms with Crippen LogP contribution >= 0.6 is 0 Å². The van der Waals surface area contributed by atoms with Crippen LogP contribution in [-0.4, -0.2) is 17.4 Å². The standard InChI is InChI=1S/C15H13FN4O/c1-2-19-14-9-18-6-5-11(14)15(21)20-13-4-3-10(8-17)7-12(13)16/h3-7,9,19H,2H2,1H3,(H,20,21).